The van der Waals surface area contributed by atoms with Gasteiger partial charge in [0.05, 0.1) is 0 Å². The summed E-state index contributed by atoms with van der Waals surface area (Å²) in [5.74, 6) is 1.90. The number of unbranched alkanes of at least 4 members (excludes halogenated alkanes) is 2. The van der Waals surface area contributed by atoms with Crippen molar-refractivity contribution in [3.8, 4) is 0 Å². The Morgan fingerprint density at radius 1 is 0.846 bits per heavy atom. The molecule has 0 N–H and O–H groups in total. The molecule has 13 heavy (non-hydrogen) atoms. The van der Waals surface area contributed by atoms with E-state index in [4.69, 9.17) is 0 Å². The first-order chi connectivity index (χ1) is 6.20. The average molecular weight is 184 g/mol. The lowest BCUT2D eigenvalue weighted by Gasteiger charge is -2.18. The molecule has 0 saturated heterocycles. The quantitative estimate of drug-likeness (QED) is 0.496. The van der Waals surface area contributed by atoms with E-state index in [-0.39, 0.29) is 0 Å². The molecule has 0 bridgehead atoms. The highest BCUT2D eigenvalue weighted by molar-refractivity contribution is 4.61. The molecule has 0 rings (SSSR count). The second kappa shape index (κ2) is 8.59. The zero-order valence-electron chi connectivity index (χ0n) is 10.1. The van der Waals surface area contributed by atoms with Crippen LogP contribution < -0.4 is 0 Å². The summed E-state index contributed by atoms with van der Waals surface area (Å²) in [5.41, 5.74) is 0. The lowest BCUT2D eigenvalue weighted by Crippen LogP contribution is -2.04. The van der Waals surface area contributed by atoms with Crippen molar-refractivity contribution >= 4 is 0 Å². The first kappa shape index (κ1) is 13.0. The van der Waals surface area contributed by atoms with Crippen molar-refractivity contribution in [3.05, 3.63) is 0 Å². The van der Waals surface area contributed by atoms with Gasteiger partial charge in [-0.1, -0.05) is 66.2 Å². The van der Waals surface area contributed by atoms with Crippen LogP contribution in [-0.4, -0.2) is 0 Å². The fraction of sp³-hybridized carbons (Fsp3) is 1.00. The van der Waals surface area contributed by atoms with Crippen LogP contribution in [0.3, 0.4) is 0 Å². The van der Waals surface area contributed by atoms with Crippen molar-refractivity contribution in [2.45, 2.75) is 72.6 Å². The highest BCUT2D eigenvalue weighted by atomic mass is 14.1. The van der Waals surface area contributed by atoms with E-state index in [9.17, 15) is 0 Å². The third-order valence-corrected chi connectivity index (χ3v) is 2.74. The third kappa shape index (κ3) is 8.33. The SMILES string of the molecule is CCCCC(CCCC)CC(C)C. The largest absolute Gasteiger partial charge is 0.0654 e. The number of rotatable bonds is 8. The van der Waals surface area contributed by atoms with Crippen molar-refractivity contribution in [3.63, 3.8) is 0 Å². The predicted molar refractivity (Wildman–Crippen MR) is 62.0 cm³/mol. The summed E-state index contributed by atoms with van der Waals surface area (Å²) in [6.45, 7) is 9.30. The zero-order valence-corrected chi connectivity index (χ0v) is 10.1. The fourth-order valence-corrected chi connectivity index (χ4v) is 2.03. The van der Waals surface area contributed by atoms with Gasteiger partial charge in [0, 0.05) is 0 Å². The summed E-state index contributed by atoms with van der Waals surface area (Å²) in [5, 5.41) is 0. The predicted octanol–water partition coefficient (Wildman–Crippen LogP) is 5.03. The van der Waals surface area contributed by atoms with E-state index in [2.05, 4.69) is 27.7 Å². The minimum absolute atomic E-state index is 0.888. The van der Waals surface area contributed by atoms with Crippen LogP contribution in [0.1, 0.15) is 72.6 Å². The van der Waals surface area contributed by atoms with Gasteiger partial charge in [0.1, 0.15) is 0 Å². The van der Waals surface area contributed by atoms with Crippen LogP contribution in [-0.2, 0) is 0 Å². The average Bonchev–Trinajstić information content (AvgIpc) is 2.09. The van der Waals surface area contributed by atoms with Crippen LogP contribution in [0.5, 0.6) is 0 Å². The lowest BCUT2D eigenvalue weighted by atomic mass is 9.88. The van der Waals surface area contributed by atoms with Crippen molar-refractivity contribution in [1.29, 1.82) is 0 Å². The van der Waals surface area contributed by atoms with Gasteiger partial charge in [-0.25, -0.2) is 0 Å². The Labute approximate surface area is 85.1 Å². The van der Waals surface area contributed by atoms with Crippen LogP contribution in [0, 0.1) is 11.8 Å². The fourth-order valence-electron chi connectivity index (χ4n) is 2.03. The molecule has 0 spiro atoms. The maximum Gasteiger partial charge on any atom is -0.0412 e. The summed E-state index contributed by atoms with van der Waals surface area (Å²) >= 11 is 0. The standard InChI is InChI=1S/C13H28/c1-5-7-9-13(10-8-6-2)11-12(3)4/h12-13H,5-11H2,1-4H3. The van der Waals surface area contributed by atoms with Gasteiger partial charge in [0.15, 0.2) is 0 Å². The summed E-state index contributed by atoms with van der Waals surface area (Å²) in [6, 6.07) is 0. The normalized spacial score (nSPS) is 11.5. The van der Waals surface area contributed by atoms with Crippen LogP contribution >= 0.6 is 0 Å². The van der Waals surface area contributed by atoms with E-state index in [0.29, 0.717) is 0 Å². The molecule has 0 aromatic heterocycles. The van der Waals surface area contributed by atoms with Crippen LogP contribution in [0.25, 0.3) is 0 Å². The third-order valence-electron chi connectivity index (χ3n) is 2.74. The molecule has 0 saturated carbocycles. The summed E-state index contributed by atoms with van der Waals surface area (Å²) < 4.78 is 0. The summed E-state index contributed by atoms with van der Waals surface area (Å²) in [7, 11) is 0. The summed E-state index contributed by atoms with van der Waals surface area (Å²) in [4.78, 5) is 0. The summed E-state index contributed by atoms with van der Waals surface area (Å²) in [6.07, 6.45) is 9.97. The molecule has 0 atom stereocenters. The second-order valence-electron chi connectivity index (χ2n) is 4.78. The van der Waals surface area contributed by atoms with Gasteiger partial charge in [-0.15, -0.1) is 0 Å². The van der Waals surface area contributed by atoms with Crippen molar-refractivity contribution < 1.29 is 0 Å². The Bertz CT molecular complexity index is 86.2. The molecule has 0 heterocycles. The Morgan fingerprint density at radius 2 is 1.31 bits per heavy atom. The first-order valence-corrected chi connectivity index (χ1v) is 6.20. The Hall–Kier alpha value is 0. The molecule has 0 aromatic carbocycles. The number of hydrogen-bond donors (Lipinski definition) is 0. The van der Waals surface area contributed by atoms with Crippen molar-refractivity contribution in [1.82, 2.24) is 0 Å². The smallest absolute Gasteiger partial charge is 0.0412 e. The van der Waals surface area contributed by atoms with Crippen LogP contribution in [0.15, 0.2) is 0 Å². The molecule has 0 aliphatic heterocycles. The van der Waals surface area contributed by atoms with Gasteiger partial charge >= 0.3 is 0 Å². The molecule has 0 amide bonds. The monoisotopic (exact) mass is 184 g/mol. The van der Waals surface area contributed by atoms with E-state index in [0.717, 1.165) is 11.8 Å². The minimum Gasteiger partial charge on any atom is -0.0654 e. The molecule has 80 valence electrons. The van der Waals surface area contributed by atoms with Crippen molar-refractivity contribution in [2.24, 2.45) is 11.8 Å². The van der Waals surface area contributed by atoms with E-state index in [1.54, 1.807) is 0 Å². The van der Waals surface area contributed by atoms with Crippen LogP contribution in [0.2, 0.25) is 0 Å². The van der Waals surface area contributed by atoms with E-state index in [1.807, 2.05) is 0 Å². The molecule has 0 fully saturated rings. The van der Waals surface area contributed by atoms with E-state index < -0.39 is 0 Å². The van der Waals surface area contributed by atoms with Gasteiger partial charge in [-0.05, 0) is 18.3 Å². The lowest BCUT2D eigenvalue weighted by molar-refractivity contribution is 0.347. The Kier molecular flexibility index (Phi) is 8.59. The molecule has 0 radical (unpaired) electrons. The maximum absolute atomic E-state index is 2.35. The first-order valence-electron chi connectivity index (χ1n) is 6.20. The van der Waals surface area contributed by atoms with Gasteiger partial charge in [-0.3, -0.25) is 0 Å². The zero-order chi connectivity index (χ0) is 10.1. The van der Waals surface area contributed by atoms with E-state index >= 15 is 0 Å². The minimum atomic E-state index is 0.888. The second-order valence-corrected chi connectivity index (χ2v) is 4.78. The molecule has 0 nitrogen and oxygen atoms in total. The molecular weight excluding hydrogens is 156 g/mol. The highest BCUT2D eigenvalue weighted by Crippen LogP contribution is 2.23. The molecule has 0 aromatic rings. The molecule has 0 aliphatic rings. The Balaban J connectivity index is 3.60. The van der Waals surface area contributed by atoms with E-state index in [1.165, 1.54) is 44.9 Å². The topological polar surface area (TPSA) is 0 Å². The van der Waals surface area contributed by atoms with Gasteiger partial charge < -0.3 is 0 Å². The molecular formula is C13H28. The van der Waals surface area contributed by atoms with Gasteiger partial charge in [0.2, 0.25) is 0 Å². The molecule has 0 heteroatoms. The Morgan fingerprint density at radius 3 is 1.62 bits per heavy atom. The van der Waals surface area contributed by atoms with Gasteiger partial charge in [0.25, 0.3) is 0 Å². The molecule has 0 aliphatic carbocycles. The van der Waals surface area contributed by atoms with Crippen LogP contribution in [0.4, 0.5) is 0 Å². The van der Waals surface area contributed by atoms with Crippen molar-refractivity contribution in [2.75, 3.05) is 0 Å². The maximum atomic E-state index is 2.35. The number of hydrogen-bond acceptors (Lipinski definition) is 0. The highest BCUT2D eigenvalue weighted by Gasteiger charge is 2.09. The molecule has 0 unspecified atom stereocenters. The van der Waals surface area contributed by atoms with Gasteiger partial charge in [-0.2, -0.15) is 0 Å².